The van der Waals surface area contributed by atoms with E-state index in [1.54, 1.807) is 12.1 Å². The van der Waals surface area contributed by atoms with E-state index >= 15 is 0 Å². The van der Waals surface area contributed by atoms with Crippen molar-refractivity contribution in [1.29, 1.82) is 0 Å². The molecule has 0 saturated heterocycles. The molecule has 9 nitrogen and oxygen atoms in total. The molecule has 6 N–H and O–H groups in total. The fourth-order valence-corrected chi connectivity index (χ4v) is 1.50. The molecule has 1 aromatic heterocycles. The van der Waals surface area contributed by atoms with Gasteiger partial charge < -0.3 is 15.7 Å². The number of nitrogens with zero attached hydrogens (tertiary/aromatic N) is 3. The molecular formula is C9H10N6O3S. The molecule has 1 aromatic carbocycles. The molecule has 1 atom stereocenters. The second-order valence-corrected chi connectivity index (χ2v) is 3.97. The molecule has 0 radical (unpaired) electrons. The molecule has 0 bridgehead atoms. The summed E-state index contributed by atoms with van der Waals surface area (Å²) >= 11 is -2.36. The van der Waals surface area contributed by atoms with Gasteiger partial charge >= 0.3 is 11.4 Å². The number of aromatic nitrogens is 2. The highest BCUT2D eigenvalue weighted by Gasteiger charge is 2.06. The average molecular weight is 282 g/mol. The van der Waals surface area contributed by atoms with Gasteiger partial charge in [-0.15, -0.1) is 5.11 Å². The molecule has 100 valence electrons. The molecule has 2 rings (SSSR count). The van der Waals surface area contributed by atoms with E-state index in [2.05, 4.69) is 24.6 Å². The van der Waals surface area contributed by atoms with E-state index in [0.717, 1.165) is 0 Å². The van der Waals surface area contributed by atoms with E-state index < -0.39 is 11.4 Å². The lowest BCUT2D eigenvalue weighted by molar-refractivity contribution is 0.458. The van der Waals surface area contributed by atoms with Gasteiger partial charge in [0.15, 0.2) is 11.5 Å². The Bertz CT molecular complexity index is 604. The van der Waals surface area contributed by atoms with Crippen molar-refractivity contribution in [2.75, 3.05) is 11.5 Å². The summed E-state index contributed by atoms with van der Waals surface area (Å²) in [5.74, 6) is 0.607. The number of anilines is 2. The van der Waals surface area contributed by atoms with E-state index in [1.165, 1.54) is 12.1 Å². The largest absolute Gasteiger partial charge is 0.382 e. The van der Waals surface area contributed by atoms with Crippen molar-refractivity contribution in [3.63, 3.8) is 0 Å². The van der Waals surface area contributed by atoms with Gasteiger partial charge in [-0.1, -0.05) is 0 Å². The Balaban J connectivity index is 2.13. The van der Waals surface area contributed by atoms with Crippen molar-refractivity contribution in [3.05, 3.63) is 24.3 Å². The van der Waals surface area contributed by atoms with E-state index in [1.807, 2.05) is 0 Å². The number of nitrogens with two attached hydrogens (primary N) is 2. The first-order valence-corrected chi connectivity index (χ1v) is 5.99. The third-order valence-electron chi connectivity index (χ3n) is 2.06. The average Bonchev–Trinajstić information content (AvgIpc) is 2.68. The minimum atomic E-state index is -2.36. The normalized spacial score (nSPS) is 12.7. The second-order valence-electron chi connectivity index (χ2n) is 3.37. The zero-order chi connectivity index (χ0) is 13.8. The Morgan fingerprint density at radius 3 is 2.47 bits per heavy atom. The number of hydrogen-bond donors (Lipinski definition) is 4. The van der Waals surface area contributed by atoms with Gasteiger partial charge in [-0.3, -0.25) is 9.65 Å². The summed E-state index contributed by atoms with van der Waals surface area (Å²) in [6.07, 6.45) is 0. The van der Waals surface area contributed by atoms with Crippen LogP contribution in [0.25, 0.3) is 0 Å². The second kappa shape index (κ2) is 5.46. The molecule has 1 heterocycles. The fraction of sp³-hybridized carbons (Fsp3) is 0. The van der Waals surface area contributed by atoms with Crippen molar-refractivity contribution in [1.82, 2.24) is 10.2 Å². The van der Waals surface area contributed by atoms with Crippen LogP contribution in [-0.4, -0.2) is 19.0 Å². The predicted octanol–water partition coefficient (Wildman–Crippen LogP) is 1.50. The molecule has 0 saturated carbocycles. The van der Waals surface area contributed by atoms with Gasteiger partial charge in [0, 0.05) is 0 Å². The number of azo groups is 1. The van der Waals surface area contributed by atoms with Crippen LogP contribution in [0.5, 0.6) is 5.75 Å². The standard InChI is InChI=1S/C9H10N6O3S/c10-8-7(9(11)15-14-8)13-12-5-1-3-6(4-2-5)18-19(16)17/h1-4H,(H,16,17)(H5,10,11,14,15). The molecule has 0 aliphatic heterocycles. The molecule has 0 amide bonds. The van der Waals surface area contributed by atoms with Crippen molar-refractivity contribution < 1.29 is 12.9 Å². The minimum absolute atomic E-state index is 0.150. The Kier molecular flexibility index (Phi) is 3.73. The van der Waals surface area contributed by atoms with E-state index in [9.17, 15) is 4.21 Å². The maximum atomic E-state index is 10.4. The van der Waals surface area contributed by atoms with Gasteiger partial charge in [0.1, 0.15) is 11.6 Å². The zero-order valence-electron chi connectivity index (χ0n) is 9.48. The van der Waals surface area contributed by atoms with Gasteiger partial charge in [0.2, 0.25) is 0 Å². The molecule has 19 heavy (non-hydrogen) atoms. The van der Waals surface area contributed by atoms with Crippen LogP contribution in [0.2, 0.25) is 0 Å². The van der Waals surface area contributed by atoms with E-state index in [-0.39, 0.29) is 23.1 Å². The van der Waals surface area contributed by atoms with Crippen molar-refractivity contribution in [3.8, 4) is 5.75 Å². The monoisotopic (exact) mass is 282 g/mol. The number of H-pyrrole nitrogens is 1. The lowest BCUT2D eigenvalue weighted by Crippen LogP contribution is -1.96. The van der Waals surface area contributed by atoms with Gasteiger partial charge in [-0.2, -0.15) is 14.4 Å². The van der Waals surface area contributed by atoms with Crippen LogP contribution < -0.4 is 15.7 Å². The summed E-state index contributed by atoms with van der Waals surface area (Å²) in [5, 5.41) is 13.9. The maximum Gasteiger partial charge on any atom is 0.357 e. The van der Waals surface area contributed by atoms with Gasteiger partial charge in [0.05, 0.1) is 5.69 Å². The molecule has 10 heteroatoms. The SMILES string of the molecule is Nc1n[nH]c(N)c1N=Nc1ccc(OS(=O)O)cc1. The van der Waals surface area contributed by atoms with E-state index in [4.69, 9.17) is 16.0 Å². The Morgan fingerprint density at radius 2 is 1.95 bits per heavy atom. The van der Waals surface area contributed by atoms with Crippen LogP contribution in [0.1, 0.15) is 0 Å². The number of hydrogen-bond acceptors (Lipinski definition) is 7. The highest BCUT2D eigenvalue weighted by atomic mass is 32.2. The first-order chi connectivity index (χ1) is 9.06. The highest BCUT2D eigenvalue weighted by Crippen LogP contribution is 2.28. The van der Waals surface area contributed by atoms with Gasteiger partial charge in [-0.25, -0.2) is 0 Å². The van der Waals surface area contributed by atoms with Crippen molar-refractivity contribution in [2.45, 2.75) is 0 Å². The zero-order valence-corrected chi connectivity index (χ0v) is 10.3. The highest BCUT2D eigenvalue weighted by molar-refractivity contribution is 7.74. The van der Waals surface area contributed by atoms with Crippen LogP contribution in [0.3, 0.4) is 0 Å². The summed E-state index contributed by atoms with van der Waals surface area (Å²) in [5.41, 5.74) is 11.8. The quantitative estimate of drug-likeness (QED) is 0.492. The third-order valence-corrected chi connectivity index (χ3v) is 2.40. The lowest BCUT2D eigenvalue weighted by Gasteiger charge is -1.99. The smallest absolute Gasteiger partial charge is 0.357 e. The third kappa shape index (κ3) is 3.26. The Labute approximate surface area is 110 Å². The first-order valence-electron chi connectivity index (χ1n) is 4.96. The van der Waals surface area contributed by atoms with Gasteiger partial charge in [-0.05, 0) is 24.3 Å². The van der Waals surface area contributed by atoms with E-state index in [0.29, 0.717) is 5.69 Å². The molecule has 0 spiro atoms. The molecule has 0 aliphatic rings. The number of aromatic amines is 1. The molecule has 0 fully saturated rings. The van der Waals surface area contributed by atoms with Crippen LogP contribution in [-0.2, 0) is 11.4 Å². The van der Waals surface area contributed by atoms with Crippen LogP contribution in [0.4, 0.5) is 23.0 Å². The Morgan fingerprint density at radius 1 is 1.26 bits per heavy atom. The summed E-state index contributed by atoms with van der Waals surface area (Å²) in [4.78, 5) is 0. The predicted molar refractivity (Wildman–Crippen MR) is 69.4 cm³/mol. The number of rotatable bonds is 4. The number of nitrogen functional groups attached to an aromatic ring is 2. The summed E-state index contributed by atoms with van der Waals surface area (Å²) in [7, 11) is 0. The number of benzene rings is 1. The van der Waals surface area contributed by atoms with Crippen molar-refractivity contribution in [2.24, 2.45) is 10.2 Å². The Hall–Kier alpha value is -2.46. The van der Waals surface area contributed by atoms with Crippen LogP contribution in [0, 0.1) is 0 Å². The minimum Gasteiger partial charge on any atom is -0.382 e. The number of nitrogens with one attached hydrogen (secondary N) is 1. The molecule has 2 aromatic rings. The maximum absolute atomic E-state index is 10.4. The summed E-state index contributed by atoms with van der Waals surface area (Å²) < 4.78 is 23.5. The molecule has 0 aliphatic carbocycles. The lowest BCUT2D eigenvalue weighted by atomic mass is 10.3. The summed E-state index contributed by atoms with van der Waals surface area (Å²) in [6.45, 7) is 0. The van der Waals surface area contributed by atoms with Crippen LogP contribution >= 0.6 is 0 Å². The fourth-order valence-electron chi connectivity index (χ4n) is 1.23. The first kappa shape index (κ1) is 13.0. The van der Waals surface area contributed by atoms with Crippen molar-refractivity contribution >= 4 is 34.4 Å². The molecular weight excluding hydrogens is 272 g/mol. The summed E-state index contributed by atoms with van der Waals surface area (Å²) in [6, 6.07) is 6.06. The van der Waals surface area contributed by atoms with Gasteiger partial charge in [0.25, 0.3) is 0 Å². The topological polar surface area (TPSA) is 152 Å². The van der Waals surface area contributed by atoms with Crippen LogP contribution in [0.15, 0.2) is 34.5 Å². The molecule has 1 unspecified atom stereocenters.